The van der Waals surface area contributed by atoms with Crippen LogP contribution in [0.1, 0.15) is 27.9 Å². The highest BCUT2D eigenvalue weighted by Gasteiger charge is 2.17. The third-order valence-corrected chi connectivity index (χ3v) is 5.36. The number of benzene rings is 3. The van der Waals surface area contributed by atoms with Crippen LogP contribution in [0.3, 0.4) is 0 Å². The van der Waals surface area contributed by atoms with Gasteiger partial charge in [0.05, 0.1) is 18.4 Å². The molecule has 0 aliphatic rings. The first-order valence-corrected chi connectivity index (χ1v) is 10.0. The van der Waals surface area contributed by atoms with Crippen molar-refractivity contribution in [2.45, 2.75) is 19.9 Å². The Morgan fingerprint density at radius 1 is 0.867 bits per heavy atom. The third kappa shape index (κ3) is 4.14. The molecule has 0 N–H and O–H groups in total. The molecule has 148 valence electrons. The van der Waals surface area contributed by atoms with Gasteiger partial charge in [0.15, 0.2) is 0 Å². The summed E-state index contributed by atoms with van der Waals surface area (Å²) < 4.78 is 7.56. The topological polar surface area (TPSA) is 37.9 Å². The number of nitrogens with zero attached hydrogens (tertiary/aromatic N) is 2. The molecule has 0 unspecified atom stereocenters. The molecule has 3 nitrogen and oxygen atoms in total. The number of ether oxygens (including phenoxy) is 1. The molecule has 0 amide bonds. The van der Waals surface area contributed by atoms with Crippen LogP contribution >= 0.6 is 0 Å². The Balaban J connectivity index is 1.81. The zero-order valence-electron chi connectivity index (χ0n) is 17.3. The molecule has 0 fully saturated rings. The van der Waals surface area contributed by atoms with Gasteiger partial charge in [-0.05, 0) is 41.8 Å². The van der Waals surface area contributed by atoms with Crippen LogP contribution < -0.4 is 4.74 Å². The van der Waals surface area contributed by atoms with Crippen LogP contribution in [0, 0.1) is 18.3 Å². The van der Waals surface area contributed by atoms with Crippen molar-refractivity contribution in [2.75, 3.05) is 7.11 Å². The average Bonchev–Trinajstić information content (AvgIpc) is 3.12. The lowest BCUT2D eigenvalue weighted by atomic mass is 10.1. The van der Waals surface area contributed by atoms with Crippen molar-refractivity contribution < 1.29 is 4.74 Å². The summed E-state index contributed by atoms with van der Waals surface area (Å²) in [6.07, 6.45) is 0.747. The molecular formula is C27H24N2O. The summed E-state index contributed by atoms with van der Waals surface area (Å²) in [5.74, 6) is 0.844. The van der Waals surface area contributed by atoms with Gasteiger partial charge in [0, 0.05) is 18.7 Å². The number of aromatic nitrogens is 1. The maximum Gasteiger partial charge on any atom is 0.118 e. The van der Waals surface area contributed by atoms with Crippen molar-refractivity contribution in [1.82, 2.24) is 4.57 Å². The zero-order valence-corrected chi connectivity index (χ0v) is 17.3. The lowest BCUT2D eigenvalue weighted by Gasteiger charge is -2.15. The molecule has 0 bridgehead atoms. The van der Waals surface area contributed by atoms with Crippen LogP contribution in [0.4, 0.5) is 0 Å². The Kier molecular flexibility index (Phi) is 5.68. The number of methoxy groups -OCH3 is 1. The van der Waals surface area contributed by atoms with E-state index < -0.39 is 0 Å². The highest BCUT2D eigenvalue weighted by Crippen LogP contribution is 2.30. The molecule has 4 rings (SSSR count). The molecule has 1 aromatic heterocycles. The smallest absolute Gasteiger partial charge is 0.118 e. The van der Waals surface area contributed by atoms with Crippen LogP contribution in [0.5, 0.6) is 5.75 Å². The van der Waals surface area contributed by atoms with E-state index in [4.69, 9.17) is 4.74 Å². The fourth-order valence-corrected chi connectivity index (χ4v) is 3.76. The van der Waals surface area contributed by atoms with E-state index in [9.17, 15) is 5.26 Å². The number of nitriles is 1. The summed E-state index contributed by atoms with van der Waals surface area (Å²) >= 11 is 0. The monoisotopic (exact) mass is 392 g/mol. The number of aryl methyl sites for hydroxylation is 1. The number of hydrogen-bond donors (Lipinski definition) is 0. The minimum absolute atomic E-state index is 0.707. The van der Waals surface area contributed by atoms with E-state index in [0.29, 0.717) is 5.56 Å². The molecule has 0 aliphatic heterocycles. The van der Waals surface area contributed by atoms with Crippen molar-refractivity contribution in [3.8, 4) is 23.1 Å². The van der Waals surface area contributed by atoms with E-state index in [-0.39, 0.29) is 0 Å². The van der Waals surface area contributed by atoms with Crippen LogP contribution in [0.25, 0.3) is 11.3 Å². The third-order valence-electron chi connectivity index (χ3n) is 5.36. The molecule has 0 atom stereocenters. The van der Waals surface area contributed by atoms with Gasteiger partial charge in [0.25, 0.3) is 0 Å². The minimum atomic E-state index is 0.707. The van der Waals surface area contributed by atoms with Gasteiger partial charge in [-0.3, -0.25) is 0 Å². The lowest BCUT2D eigenvalue weighted by Crippen LogP contribution is -2.07. The molecule has 30 heavy (non-hydrogen) atoms. The van der Waals surface area contributed by atoms with E-state index in [1.807, 2.05) is 24.3 Å². The highest BCUT2D eigenvalue weighted by molar-refractivity contribution is 5.69. The predicted molar refractivity (Wildman–Crippen MR) is 121 cm³/mol. The Labute approximate surface area is 177 Å². The van der Waals surface area contributed by atoms with Gasteiger partial charge in [-0.15, -0.1) is 0 Å². The molecule has 3 heteroatoms. The standard InChI is InChI=1S/C27H24N2O/c1-20-8-12-23(13-9-20)27-24(18-28)17-25(16-21-10-14-26(30-2)15-11-21)29(27)19-22-6-4-3-5-7-22/h3-15,17H,16,19H2,1-2H3. The fourth-order valence-electron chi connectivity index (χ4n) is 3.76. The van der Waals surface area contributed by atoms with Crippen LogP contribution in [0.2, 0.25) is 0 Å². The summed E-state index contributed by atoms with van der Waals surface area (Å²) in [5, 5.41) is 9.89. The Morgan fingerprint density at radius 3 is 2.20 bits per heavy atom. The van der Waals surface area contributed by atoms with Gasteiger partial charge >= 0.3 is 0 Å². The second kappa shape index (κ2) is 8.71. The molecule has 0 saturated carbocycles. The van der Waals surface area contributed by atoms with Crippen LogP contribution in [-0.4, -0.2) is 11.7 Å². The van der Waals surface area contributed by atoms with Gasteiger partial charge in [0.1, 0.15) is 11.8 Å². The maximum atomic E-state index is 9.89. The average molecular weight is 393 g/mol. The quantitative estimate of drug-likeness (QED) is 0.405. The minimum Gasteiger partial charge on any atom is -0.497 e. The first-order valence-electron chi connectivity index (χ1n) is 10.0. The predicted octanol–water partition coefficient (Wildman–Crippen LogP) is 5.98. The second-order valence-corrected chi connectivity index (χ2v) is 7.47. The summed E-state index contributed by atoms with van der Waals surface area (Å²) in [4.78, 5) is 0. The first-order chi connectivity index (χ1) is 14.7. The SMILES string of the molecule is COc1ccc(Cc2cc(C#N)c(-c3ccc(C)cc3)n2Cc2ccccc2)cc1. The normalized spacial score (nSPS) is 10.6. The van der Waals surface area contributed by atoms with Crippen molar-refractivity contribution in [2.24, 2.45) is 0 Å². The molecule has 0 saturated heterocycles. The van der Waals surface area contributed by atoms with Gasteiger partial charge < -0.3 is 9.30 Å². The van der Waals surface area contributed by atoms with Crippen molar-refractivity contribution in [1.29, 1.82) is 5.26 Å². The molecule has 4 aromatic rings. The van der Waals surface area contributed by atoms with E-state index in [1.165, 1.54) is 16.7 Å². The Bertz CT molecular complexity index is 1160. The Morgan fingerprint density at radius 2 is 1.57 bits per heavy atom. The van der Waals surface area contributed by atoms with E-state index >= 15 is 0 Å². The molecule has 0 aliphatic carbocycles. The second-order valence-electron chi connectivity index (χ2n) is 7.47. The summed E-state index contributed by atoms with van der Waals surface area (Å²) in [6, 6.07) is 31.3. The van der Waals surface area contributed by atoms with Crippen LogP contribution in [-0.2, 0) is 13.0 Å². The molecule has 1 heterocycles. The molecular weight excluding hydrogens is 368 g/mol. The van der Waals surface area contributed by atoms with Gasteiger partial charge in [0.2, 0.25) is 0 Å². The zero-order chi connectivity index (χ0) is 20.9. The van der Waals surface area contributed by atoms with E-state index in [1.54, 1.807) is 7.11 Å². The summed E-state index contributed by atoms with van der Waals surface area (Å²) in [6.45, 7) is 2.80. The first kappa shape index (κ1) is 19.5. The van der Waals surface area contributed by atoms with Crippen LogP contribution in [0.15, 0.2) is 84.9 Å². The van der Waals surface area contributed by atoms with Crippen molar-refractivity contribution in [3.63, 3.8) is 0 Å². The Hall–Kier alpha value is -3.77. The molecule has 0 radical (unpaired) electrons. The van der Waals surface area contributed by atoms with Crippen molar-refractivity contribution >= 4 is 0 Å². The van der Waals surface area contributed by atoms with E-state index in [2.05, 4.69) is 78.2 Å². The van der Waals surface area contributed by atoms with E-state index in [0.717, 1.165) is 35.7 Å². The van der Waals surface area contributed by atoms with Crippen molar-refractivity contribution in [3.05, 3.63) is 113 Å². The summed E-state index contributed by atoms with van der Waals surface area (Å²) in [5.41, 5.74) is 7.47. The van der Waals surface area contributed by atoms with Gasteiger partial charge in [-0.25, -0.2) is 0 Å². The molecule has 3 aromatic carbocycles. The molecule has 0 spiro atoms. The maximum absolute atomic E-state index is 9.89. The number of hydrogen-bond acceptors (Lipinski definition) is 2. The largest absolute Gasteiger partial charge is 0.497 e. The highest BCUT2D eigenvalue weighted by atomic mass is 16.5. The van der Waals surface area contributed by atoms with Gasteiger partial charge in [-0.2, -0.15) is 5.26 Å². The summed E-state index contributed by atoms with van der Waals surface area (Å²) in [7, 11) is 1.67. The number of rotatable bonds is 6. The van der Waals surface area contributed by atoms with Gasteiger partial charge in [-0.1, -0.05) is 72.3 Å². The fraction of sp³-hybridized carbons (Fsp3) is 0.148. The lowest BCUT2D eigenvalue weighted by molar-refractivity contribution is 0.414.